The summed E-state index contributed by atoms with van der Waals surface area (Å²) >= 11 is 0. The van der Waals surface area contributed by atoms with Crippen LogP contribution in [0.4, 0.5) is 0 Å². The van der Waals surface area contributed by atoms with Crippen LogP contribution in [0, 0.1) is 10.8 Å². The van der Waals surface area contributed by atoms with Crippen LogP contribution in [0.1, 0.15) is 77.3 Å². The fraction of sp³-hybridized carbons (Fsp3) is 0.600. The summed E-state index contributed by atoms with van der Waals surface area (Å²) in [7, 11) is 0. The molecule has 0 radical (unpaired) electrons. The average Bonchev–Trinajstić information content (AvgIpc) is 2.82. The lowest BCUT2D eigenvalue weighted by molar-refractivity contribution is -0.123. The topological polar surface area (TPSA) is 40.6 Å². The van der Waals surface area contributed by atoms with E-state index in [1.165, 1.54) is 38.5 Å². The number of ketones is 2. The predicted octanol–water partition coefficient (Wildman–Crippen LogP) is 5.88. The number of likely N-dealkylation sites (tertiary alicyclic amines) is 2. The molecule has 0 aromatic heterocycles. The van der Waals surface area contributed by atoms with Crippen LogP contribution in [-0.2, 0) is 9.59 Å². The summed E-state index contributed by atoms with van der Waals surface area (Å²) in [6.45, 7) is 14.3. The van der Waals surface area contributed by atoms with Gasteiger partial charge >= 0.3 is 0 Å². The molecule has 1 aromatic carbocycles. The van der Waals surface area contributed by atoms with Crippen LogP contribution in [-0.4, -0.2) is 60.6 Å². The fourth-order valence-corrected chi connectivity index (χ4v) is 5.02. The first-order chi connectivity index (χ1) is 16.2. The number of benzene rings is 1. The molecule has 1 aromatic rings. The molecule has 0 N–H and O–H groups in total. The Morgan fingerprint density at radius 2 is 0.971 bits per heavy atom. The summed E-state index contributed by atoms with van der Waals surface area (Å²) in [5.74, 6) is 0.340. The number of allylic oxidation sites excluding steroid dienone is 2. The van der Waals surface area contributed by atoms with Crippen molar-refractivity contribution in [2.45, 2.75) is 66.2 Å². The molecular weight excluding hydrogens is 420 g/mol. The van der Waals surface area contributed by atoms with Crippen LogP contribution < -0.4 is 0 Å². The molecule has 2 saturated heterocycles. The van der Waals surface area contributed by atoms with Crippen LogP contribution in [0.2, 0.25) is 0 Å². The Labute approximate surface area is 207 Å². The first-order valence-electron chi connectivity index (χ1n) is 13.2. The van der Waals surface area contributed by atoms with Gasteiger partial charge in [0.05, 0.1) is 0 Å². The van der Waals surface area contributed by atoms with Gasteiger partial charge in [-0.15, -0.1) is 0 Å². The zero-order chi connectivity index (χ0) is 24.6. The van der Waals surface area contributed by atoms with Gasteiger partial charge in [-0.1, -0.05) is 77.0 Å². The first-order valence-corrected chi connectivity index (χ1v) is 13.2. The molecule has 0 spiro atoms. The highest BCUT2D eigenvalue weighted by atomic mass is 16.1. The summed E-state index contributed by atoms with van der Waals surface area (Å²) < 4.78 is 0. The zero-order valence-corrected chi connectivity index (χ0v) is 21.8. The lowest BCUT2D eigenvalue weighted by atomic mass is 9.86. The van der Waals surface area contributed by atoms with Crippen molar-refractivity contribution >= 4 is 23.7 Å². The van der Waals surface area contributed by atoms with Gasteiger partial charge in [-0.2, -0.15) is 0 Å². The van der Waals surface area contributed by atoms with Gasteiger partial charge < -0.3 is 9.80 Å². The molecule has 2 aliphatic heterocycles. The van der Waals surface area contributed by atoms with Crippen LogP contribution >= 0.6 is 0 Å². The molecule has 0 atom stereocenters. The van der Waals surface area contributed by atoms with Crippen LogP contribution in [0.25, 0.3) is 12.2 Å². The van der Waals surface area contributed by atoms with Crippen molar-refractivity contribution < 1.29 is 9.59 Å². The van der Waals surface area contributed by atoms with E-state index < -0.39 is 0 Å². The maximum Gasteiger partial charge on any atom is 0.162 e. The fourth-order valence-electron chi connectivity index (χ4n) is 5.02. The summed E-state index contributed by atoms with van der Waals surface area (Å²) in [5.41, 5.74) is 1.24. The SMILES string of the molecule is CC(C)(CN1CCCCC1)C(=O)/C=C\c1ccc(/C=C/C(=O)C(C)(C)CN2CCCCC2)cc1. The second-order valence-corrected chi connectivity index (χ2v) is 11.5. The Kier molecular flexibility index (Phi) is 9.44. The summed E-state index contributed by atoms with van der Waals surface area (Å²) in [5, 5.41) is 0. The maximum atomic E-state index is 12.8. The van der Waals surface area contributed by atoms with E-state index in [-0.39, 0.29) is 22.4 Å². The minimum atomic E-state index is -0.377. The Morgan fingerprint density at radius 3 is 1.29 bits per heavy atom. The molecule has 0 bridgehead atoms. The second kappa shape index (κ2) is 12.1. The van der Waals surface area contributed by atoms with Gasteiger partial charge in [0.2, 0.25) is 0 Å². The smallest absolute Gasteiger partial charge is 0.162 e. The minimum Gasteiger partial charge on any atom is -0.302 e. The number of nitrogens with zero attached hydrogens (tertiary/aromatic N) is 2. The molecule has 0 aliphatic carbocycles. The van der Waals surface area contributed by atoms with E-state index in [4.69, 9.17) is 0 Å². The molecule has 186 valence electrons. The quantitative estimate of drug-likeness (QED) is 0.406. The lowest BCUT2D eigenvalue weighted by Crippen LogP contribution is -2.41. The van der Waals surface area contributed by atoms with Gasteiger partial charge in [-0.3, -0.25) is 9.59 Å². The first kappa shape index (κ1) is 26.6. The largest absolute Gasteiger partial charge is 0.302 e. The highest BCUT2D eigenvalue weighted by Crippen LogP contribution is 2.24. The van der Waals surface area contributed by atoms with Crippen molar-refractivity contribution in [1.29, 1.82) is 0 Å². The molecule has 0 amide bonds. The average molecular weight is 465 g/mol. The second-order valence-electron chi connectivity index (χ2n) is 11.5. The molecule has 4 nitrogen and oxygen atoms in total. The van der Waals surface area contributed by atoms with E-state index in [0.717, 1.165) is 50.4 Å². The van der Waals surface area contributed by atoms with Crippen LogP contribution in [0.15, 0.2) is 36.4 Å². The molecule has 0 saturated carbocycles. The molecule has 4 heteroatoms. The van der Waals surface area contributed by atoms with E-state index in [9.17, 15) is 9.59 Å². The molecule has 3 rings (SSSR count). The number of piperidine rings is 2. The van der Waals surface area contributed by atoms with Crippen molar-refractivity contribution in [3.05, 3.63) is 47.5 Å². The monoisotopic (exact) mass is 464 g/mol. The number of carbonyl (C=O) groups is 2. The van der Waals surface area contributed by atoms with Crippen LogP contribution in [0.5, 0.6) is 0 Å². The van der Waals surface area contributed by atoms with Crippen molar-refractivity contribution in [1.82, 2.24) is 9.80 Å². The van der Waals surface area contributed by atoms with Crippen molar-refractivity contribution in [3.63, 3.8) is 0 Å². The predicted molar refractivity (Wildman–Crippen MR) is 143 cm³/mol. The highest BCUT2D eigenvalue weighted by Gasteiger charge is 2.29. The number of hydrogen-bond acceptors (Lipinski definition) is 4. The third-order valence-electron chi connectivity index (χ3n) is 7.26. The van der Waals surface area contributed by atoms with Gasteiger partial charge in [-0.05, 0) is 75.1 Å². The van der Waals surface area contributed by atoms with Gasteiger partial charge in [-0.25, -0.2) is 0 Å². The van der Waals surface area contributed by atoms with Gasteiger partial charge in [0.25, 0.3) is 0 Å². The number of hydrogen-bond donors (Lipinski definition) is 0. The Balaban J connectivity index is 1.52. The third-order valence-corrected chi connectivity index (χ3v) is 7.26. The van der Waals surface area contributed by atoms with Crippen LogP contribution in [0.3, 0.4) is 0 Å². The zero-order valence-electron chi connectivity index (χ0n) is 21.8. The Hall–Kier alpha value is -2.04. The molecule has 34 heavy (non-hydrogen) atoms. The van der Waals surface area contributed by atoms with Crippen molar-refractivity contribution in [3.8, 4) is 0 Å². The van der Waals surface area contributed by atoms with Gasteiger partial charge in [0, 0.05) is 23.9 Å². The molecule has 2 fully saturated rings. The van der Waals surface area contributed by atoms with E-state index >= 15 is 0 Å². The third kappa shape index (κ3) is 8.02. The number of carbonyl (C=O) groups excluding carboxylic acids is 2. The van der Waals surface area contributed by atoms with Crippen molar-refractivity contribution in [2.75, 3.05) is 39.3 Å². The van der Waals surface area contributed by atoms with Gasteiger partial charge in [0.15, 0.2) is 11.6 Å². The number of rotatable bonds is 10. The highest BCUT2D eigenvalue weighted by molar-refractivity contribution is 5.98. The molecular formula is C30H44N2O2. The molecule has 0 unspecified atom stereocenters. The maximum absolute atomic E-state index is 12.8. The van der Waals surface area contributed by atoms with Crippen molar-refractivity contribution in [2.24, 2.45) is 10.8 Å². The van der Waals surface area contributed by atoms with E-state index in [1.54, 1.807) is 12.2 Å². The summed E-state index contributed by atoms with van der Waals surface area (Å²) in [6.07, 6.45) is 14.8. The van der Waals surface area contributed by atoms with E-state index in [2.05, 4.69) is 9.80 Å². The molecule has 2 aliphatic rings. The Bertz CT molecular complexity index is 795. The van der Waals surface area contributed by atoms with E-state index in [0.29, 0.717) is 0 Å². The standard InChI is InChI=1S/C30H44N2O2/c1-29(2,23-31-19-7-5-8-20-31)27(33)17-15-25-11-13-26(14-12-25)16-18-28(34)30(3,4)24-32-21-9-6-10-22-32/h11-18H,5-10,19-24H2,1-4H3/b17-15-,18-16+. The summed E-state index contributed by atoms with van der Waals surface area (Å²) in [4.78, 5) is 30.5. The minimum absolute atomic E-state index is 0.170. The summed E-state index contributed by atoms with van der Waals surface area (Å²) in [6, 6.07) is 8.02. The van der Waals surface area contributed by atoms with Gasteiger partial charge in [0.1, 0.15) is 0 Å². The lowest BCUT2D eigenvalue weighted by Gasteiger charge is -2.33. The molecule has 2 heterocycles. The Morgan fingerprint density at radius 1 is 0.647 bits per heavy atom. The normalized spacial score (nSPS) is 19.2. The van der Waals surface area contributed by atoms with E-state index in [1.807, 2.05) is 64.1 Å².